The maximum absolute atomic E-state index is 12.9. The molecule has 29 heavy (non-hydrogen) atoms. The molecule has 0 saturated heterocycles. The second-order valence-corrected chi connectivity index (χ2v) is 6.71. The lowest BCUT2D eigenvalue weighted by Gasteiger charge is -2.13. The van der Waals surface area contributed by atoms with Gasteiger partial charge in [0.05, 0.1) is 17.7 Å². The molecule has 3 aromatic rings. The zero-order valence-corrected chi connectivity index (χ0v) is 16.4. The summed E-state index contributed by atoms with van der Waals surface area (Å²) in [5.74, 6) is 0.259. The molecule has 1 heterocycles. The molecule has 152 valence electrons. The first kappa shape index (κ1) is 20.4. The number of rotatable bonds is 7. The minimum absolute atomic E-state index is 0.196. The van der Waals surface area contributed by atoms with E-state index >= 15 is 0 Å². The number of aryl methyl sites for hydroxylation is 1. The number of carbonyl (C=O) groups excluding carboxylic acids is 1. The van der Waals surface area contributed by atoms with Gasteiger partial charge in [-0.05, 0) is 49.2 Å². The predicted octanol–water partition coefficient (Wildman–Crippen LogP) is 4.90. The van der Waals surface area contributed by atoms with Crippen molar-refractivity contribution in [3.63, 3.8) is 0 Å². The van der Waals surface area contributed by atoms with Crippen LogP contribution in [0.2, 0.25) is 0 Å². The molecule has 2 N–H and O–H groups in total. The van der Waals surface area contributed by atoms with Crippen LogP contribution in [0, 0.1) is 12.7 Å². The van der Waals surface area contributed by atoms with E-state index in [1.54, 1.807) is 6.07 Å². The monoisotopic (exact) mass is 398 g/mol. The number of hydrogen-bond donors (Lipinski definition) is 2. The van der Waals surface area contributed by atoms with Crippen LogP contribution in [0.5, 0.6) is 5.75 Å². The van der Waals surface area contributed by atoms with Gasteiger partial charge in [-0.15, -0.1) is 0 Å². The molecule has 0 aliphatic carbocycles. The van der Waals surface area contributed by atoms with Gasteiger partial charge in [0.15, 0.2) is 0 Å². The number of ether oxygens (including phenoxy) is 2. The summed E-state index contributed by atoms with van der Waals surface area (Å²) >= 11 is 0. The van der Waals surface area contributed by atoms with Crippen LogP contribution in [-0.4, -0.2) is 17.7 Å². The van der Waals surface area contributed by atoms with E-state index in [1.165, 1.54) is 24.3 Å². The number of anilines is 1. The fourth-order valence-corrected chi connectivity index (χ4v) is 2.84. The van der Waals surface area contributed by atoms with E-state index in [2.05, 4.69) is 17.2 Å². The maximum atomic E-state index is 12.9. The zero-order chi connectivity index (χ0) is 20.8. The van der Waals surface area contributed by atoms with Crippen LogP contribution in [0.15, 0.2) is 47.3 Å². The van der Waals surface area contributed by atoms with Crippen molar-refractivity contribution in [2.75, 3.05) is 11.9 Å². The number of aromatic amines is 1. The number of carbonyl (C=O) groups is 1. The molecule has 0 fully saturated rings. The van der Waals surface area contributed by atoms with Crippen LogP contribution < -0.4 is 15.6 Å². The lowest BCUT2D eigenvalue weighted by Crippen LogP contribution is -2.18. The van der Waals surface area contributed by atoms with Crippen molar-refractivity contribution < 1.29 is 18.7 Å². The van der Waals surface area contributed by atoms with Gasteiger partial charge >= 0.3 is 6.09 Å². The summed E-state index contributed by atoms with van der Waals surface area (Å²) in [4.78, 5) is 27.2. The standard InChI is InChI=1S/C22H23FN2O4/c1-3-4-11-28-20-14(2)5-6-15-12-16(21(26)25-19(15)20)13-29-22(27)24-18-9-7-17(23)8-10-18/h5-10,12H,3-4,11,13H2,1-2H3,(H,24,27)(H,25,26). The third kappa shape index (κ3) is 5.13. The first-order valence-corrected chi connectivity index (χ1v) is 9.45. The van der Waals surface area contributed by atoms with Gasteiger partial charge in [-0.3, -0.25) is 10.1 Å². The average molecular weight is 398 g/mol. The second kappa shape index (κ2) is 9.23. The van der Waals surface area contributed by atoms with Crippen molar-refractivity contribution in [2.45, 2.75) is 33.3 Å². The molecule has 7 heteroatoms. The van der Waals surface area contributed by atoms with Gasteiger partial charge in [-0.25, -0.2) is 9.18 Å². The number of pyridine rings is 1. The maximum Gasteiger partial charge on any atom is 0.411 e. The molecule has 6 nitrogen and oxygen atoms in total. The molecule has 0 atom stereocenters. The fraction of sp³-hybridized carbons (Fsp3) is 0.273. The molecule has 3 rings (SSSR count). The first-order valence-electron chi connectivity index (χ1n) is 9.45. The molecule has 0 bridgehead atoms. The van der Waals surface area contributed by atoms with Crippen LogP contribution in [0.1, 0.15) is 30.9 Å². The van der Waals surface area contributed by atoms with Crippen molar-refractivity contribution in [1.29, 1.82) is 0 Å². The fourth-order valence-electron chi connectivity index (χ4n) is 2.84. The van der Waals surface area contributed by atoms with Gasteiger partial charge < -0.3 is 14.5 Å². The van der Waals surface area contributed by atoms with Gasteiger partial charge in [0, 0.05) is 11.1 Å². The molecule has 1 aromatic heterocycles. The summed E-state index contributed by atoms with van der Waals surface area (Å²) in [7, 11) is 0. The second-order valence-electron chi connectivity index (χ2n) is 6.71. The number of aromatic nitrogens is 1. The van der Waals surface area contributed by atoms with E-state index in [4.69, 9.17) is 9.47 Å². The molecule has 0 saturated carbocycles. The van der Waals surface area contributed by atoms with Crippen LogP contribution >= 0.6 is 0 Å². The minimum Gasteiger partial charge on any atom is -0.491 e. The highest BCUT2D eigenvalue weighted by molar-refractivity contribution is 5.86. The highest BCUT2D eigenvalue weighted by Gasteiger charge is 2.12. The van der Waals surface area contributed by atoms with E-state index in [0.29, 0.717) is 29.1 Å². The summed E-state index contributed by atoms with van der Waals surface area (Å²) in [6.45, 7) is 4.39. The van der Waals surface area contributed by atoms with E-state index in [0.717, 1.165) is 23.8 Å². The molecule has 0 spiro atoms. The van der Waals surface area contributed by atoms with Crippen molar-refractivity contribution >= 4 is 22.7 Å². The molecule has 0 unspecified atom stereocenters. The first-order chi connectivity index (χ1) is 14.0. The van der Waals surface area contributed by atoms with Crippen molar-refractivity contribution in [3.8, 4) is 5.75 Å². The Morgan fingerprint density at radius 1 is 1.17 bits per heavy atom. The SMILES string of the molecule is CCCCOc1c(C)ccc2cc(COC(=O)Nc3ccc(F)cc3)c(=O)[nH]c12. The summed E-state index contributed by atoms with van der Waals surface area (Å²) < 4.78 is 23.9. The molecular weight excluding hydrogens is 375 g/mol. The van der Waals surface area contributed by atoms with Gasteiger partial charge in [-0.1, -0.05) is 25.5 Å². The smallest absolute Gasteiger partial charge is 0.411 e. The van der Waals surface area contributed by atoms with Crippen LogP contribution in [0.4, 0.5) is 14.9 Å². The van der Waals surface area contributed by atoms with Gasteiger partial charge in [0.25, 0.3) is 5.56 Å². The van der Waals surface area contributed by atoms with Crippen LogP contribution in [0.25, 0.3) is 10.9 Å². The summed E-state index contributed by atoms with van der Waals surface area (Å²) in [6.07, 6.45) is 1.21. The number of nitrogens with one attached hydrogen (secondary N) is 2. The zero-order valence-electron chi connectivity index (χ0n) is 16.4. The Morgan fingerprint density at radius 3 is 2.66 bits per heavy atom. The van der Waals surface area contributed by atoms with Crippen molar-refractivity contribution in [1.82, 2.24) is 4.98 Å². The Balaban J connectivity index is 1.73. The Hall–Kier alpha value is -3.35. The summed E-state index contributed by atoms with van der Waals surface area (Å²) in [6, 6.07) is 10.8. The number of halogens is 1. The van der Waals surface area contributed by atoms with Crippen LogP contribution in [0.3, 0.4) is 0 Å². The van der Waals surface area contributed by atoms with Crippen molar-refractivity contribution in [3.05, 3.63) is 69.8 Å². The number of fused-ring (bicyclic) bond motifs is 1. The third-order valence-corrected chi connectivity index (χ3v) is 4.44. The van der Waals surface area contributed by atoms with Gasteiger partial charge in [0.2, 0.25) is 0 Å². The molecule has 2 aromatic carbocycles. The van der Waals surface area contributed by atoms with E-state index in [-0.39, 0.29) is 12.2 Å². The Morgan fingerprint density at radius 2 is 1.93 bits per heavy atom. The quantitative estimate of drug-likeness (QED) is 0.555. The van der Waals surface area contributed by atoms with E-state index in [9.17, 15) is 14.0 Å². The molecule has 0 aliphatic heterocycles. The van der Waals surface area contributed by atoms with E-state index in [1.807, 2.05) is 19.1 Å². The number of H-pyrrole nitrogens is 1. The summed E-state index contributed by atoms with van der Waals surface area (Å²) in [5.41, 5.74) is 1.93. The van der Waals surface area contributed by atoms with Gasteiger partial charge in [-0.2, -0.15) is 0 Å². The minimum atomic E-state index is -0.733. The Bertz CT molecular complexity index is 1060. The molecular formula is C22H23FN2O4. The van der Waals surface area contributed by atoms with Crippen LogP contribution in [-0.2, 0) is 11.3 Å². The summed E-state index contributed by atoms with van der Waals surface area (Å²) in [5, 5.41) is 3.27. The van der Waals surface area contributed by atoms with Gasteiger partial charge in [0.1, 0.15) is 18.2 Å². The predicted molar refractivity (Wildman–Crippen MR) is 110 cm³/mol. The third-order valence-electron chi connectivity index (χ3n) is 4.44. The van der Waals surface area contributed by atoms with E-state index < -0.39 is 11.9 Å². The average Bonchev–Trinajstić information content (AvgIpc) is 2.70. The largest absolute Gasteiger partial charge is 0.491 e. The number of hydrogen-bond acceptors (Lipinski definition) is 4. The lowest BCUT2D eigenvalue weighted by molar-refractivity contribution is 0.154. The normalized spacial score (nSPS) is 10.7. The van der Waals surface area contributed by atoms with Crippen molar-refractivity contribution in [2.24, 2.45) is 0 Å². The molecule has 0 radical (unpaired) electrons. The number of unbranched alkanes of at least 4 members (excludes halogenated alkanes) is 1. The molecule has 0 aliphatic rings. The number of benzene rings is 2. The molecule has 1 amide bonds. The topological polar surface area (TPSA) is 80.4 Å². The highest BCUT2D eigenvalue weighted by atomic mass is 19.1. The Kier molecular flexibility index (Phi) is 6.49. The Labute approximate surface area is 167 Å². The number of amides is 1. The highest BCUT2D eigenvalue weighted by Crippen LogP contribution is 2.27. The lowest BCUT2D eigenvalue weighted by atomic mass is 10.1.